The van der Waals surface area contributed by atoms with E-state index in [0.29, 0.717) is 4.88 Å². The number of nitrogens with two attached hydrogens (primary N) is 1. The van der Waals surface area contributed by atoms with Crippen LogP contribution in [0.3, 0.4) is 0 Å². The van der Waals surface area contributed by atoms with E-state index < -0.39 is 0 Å². The number of aryl methyl sites for hydroxylation is 1. The highest BCUT2D eigenvalue weighted by Gasteiger charge is 2.13. The minimum Gasteiger partial charge on any atom is -0.303 e. The van der Waals surface area contributed by atoms with Gasteiger partial charge in [0.1, 0.15) is 9.88 Å². The van der Waals surface area contributed by atoms with Gasteiger partial charge in [0, 0.05) is 6.54 Å². The number of rotatable bonds is 3. The number of nitrogen functional groups attached to an aromatic ring is 1. The molecule has 0 aliphatic heterocycles. The Morgan fingerprint density at radius 3 is 2.79 bits per heavy atom. The molecular weight excluding hydrogens is 200 g/mol. The highest BCUT2D eigenvalue weighted by atomic mass is 32.1. The molecule has 0 unspecified atom stereocenters. The van der Waals surface area contributed by atoms with Crippen LogP contribution in [0.1, 0.15) is 20.4 Å². The Bertz CT molecular complexity index is 334. The summed E-state index contributed by atoms with van der Waals surface area (Å²) in [6.45, 7) is 2.55. The SMILES string of the molecule is Cc1nc(CN(C)C)sc1C(=O)NN. The minimum absolute atomic E-state index is 0.273. The van der Waals surface area contributed by atoms with Gasteiger partial charge < -0.3 is 4.90 Å². The van der Waals surface area contributed by atoms with E-state index >= 15 is 0 Å². The molecule has 0 aliphatic rings. The summed E-state index contributed by atoms with van der Waals surface area (Å²) in [6, 6.07) is 0. The van der Waals surface area contributed by atoms with Gasteiger partial charge in [-0.3, -0.25) is 10.2 Å². The van der Waals surface area contributed by atoms with E-state index in [4.69, 9.17) is 5.84 Å². The maximum absolute atomic E-state index is 11.3. The first kappa shape index (κ1) is 11.1. The van der Waals surface area contributed by atoms with Crippen LogP contribution in [0.4, 0.5) is 0 Å². The first-order valence-electron chi connectivity index (χ1n) is 4.16. The smallest absolute Gasteiger partial charge is 0.277 e. The molecule has 1 aromatic rings. The standard InChI is InChI=1S/C8H14N4OS/c1-5-7(8(13)11-9)14-6(10-5)4-12(2)3/h4,9H2,1-3H3,(H,11,13). The summed E-state index contributed by atoms with van der Waals surface area (Å²) in [5, 5.41) is 0.922. The first-order valence-corrected chi connectivity index (χ1v) is 4.98. The van der Waals surface area contributed by atoms with Crippen molar-refractivity contribution in [1.82, 2.24) is 15.3 Å². The normalized spacial score (nSPS) is 10.6. The molecule has 0 saturated carbocycles. The van der Waals surface area contributed by atoms with Gasteiger partial charge in [0.2, 0.25) is 0 Å². The molecule has 0 aliphatic carbocycles. The second-order valence-electron chi connectivity index (χ2n) is 3.23. The van der Waals surface area contributed by atoms with E-state index in [9.17, 15) is 4.79 Å². The van der Waals surface area contributed by atoms with Crippen molar-refractivity contribution in [2.24, 2.45) is 5.84 Å². The van der Waals surface area contributed by atoms with E-state index in [1.54, 1.807) is 6.92 Å². The first-order chi connectivity index (χ1) is 6.54. The van der Waals surface area contributed by atoms with Gasteiger partial charge in [-0.15, -0.1) is 11.3 Å². The summed E-state index contributed by atoms with van der Waals surface area (Å²) in [5.41, 5.74) is 2.84. The zero-order valence-corrected chi connectivity index (χ0v) is 9.31. The molecule has 1 aromatic heterocycles. The number of carbonyl (C=O) groups is 1. The lowest BCUT2D eigenvalue weighted by Gasteiger charge is -2.04. The van der Waals surface area contributed by atoms with E-state index in [1.807, 2.05) is 19.0 Å². The van der Waals surface area contributed by atoms with Crippen molar-refractivity contribution in [3.05, 3.63) is 15.6 Å². The van der Waals surface area contributed by atoms with Crippen molar-refractivity contribution in [3.8, 4) is 0 Å². The predicted octanol–water partition coefficient (Wildman–Crippen LogP) is 0.117. The predicted molar refractivity (Wildman–Crippen MR) is 55.9 cm³/mol. The summed E-state index contributed by atoms with van der Waals surface area (Å²) in [5.74, 6) is 4.78. The van der Waals surface area contributed by atoms with Crippen molar-refractivity contribution >= 4 is 17.2 Å². The minimum atomic E-state index is -0.273. The van der Waals surface area contributed by atoms with E-state index in [0.717, 1.165) is 17.2 Å². The monoisotopic (exact) mass is 214 g/mol. The third kappa shape index (κ3) is 2.50. The van der Waals surface area contributed by atoms with Crippen LogP contribution in [-0.2, 0) is 6.54 Å². The Balaban J connectivity index is 2.87. The number of carbonyl (C=O) groups excluding carboxylic acids is 1. The van der Waals surface area contributed by atoms with Crippen LogP contribution in [-0.4, -0.2) is 29.9 Å². The summed E-state index contributed by atoms with van der Waals surface area (Å²) >= 11 is 1.38. The largest absolute Gasteiger partial charge is 0.303 e. The number of nitrogens with one attached hydrogen (secondary N) is 1. The van der Waals surface area contributed by atoms with Crippen LogP contribution >= 0.6 is 11.3 Å². The molecule has 0 fully saturated rings. The Labute approximate surface area is 86.9 Å². The second kappa shape index (κ2) is 4.50. The fraction of sp³-hybridized carbons (Fsp3) is 0.500. The highest BCUT2D eigenvalue weighted by molar-refractivity contribution is 7.13. The molecule has 6 heteroatoms. The average molecular weight is 214 g/mol. The number of hydrogen-bond donors (Lipinski definition) is 2. The molecule has 14 heavy (non-hydrogen) atoms. The third-order valence-corrected chi connectivity index (χ3v) is 2.77. The van der Waals surface area contributed by atoms with Gasteiger partial charge in [0.05, 0.1) is 5.69 Å². The van der Waals surface area contributed by atoms with E-state index in [1.165, 1.54) is 11.3 Å². The molecule has 0 saturated heterocycles. The Kier molecular flexibility index (Phi) is 3.56. The number of thiazole rings is 1. The van der Waals surface area contributed by atoms with E-state index in [-0.39, 0.29) is 5.91 Å². The van der Waals surface area contributed by atoms with Gasteiger partial charge in [-0.25, -0.2) is 10.8 Å². The molecule has 0 atom stereocenters. The zero-order valence-electron chi connectivity index (χ0n) is 8.50. The summed E-state index contributed by atoms with van der Waals surface area (Å²) in [7, 11) is 3.92. The molecule has 1 heterocycles. The molecule has 0 radical (unpaired) electrons. The van der Waals surface area contributed by atoms with Gasteiger partial charge in [0.15, 0.2) is 0 Å². The van der Waals surface area contributed by atoms with Gasteiger partial charge in [-0.2, -0.15) is 0 Å². The molecule has 0 bridgehead atoms. The fourth-order valence-corrected chi connectivity index (χ4v) is 2.15. The fourth-order valence-electron chi connectivity index (χ4n) is 1.07. The Morgan fingerprint density at radius 2 is 2.29 bits per heavy atom. The summed E-state index contributed by atoms with van der Waals surface area (Å²) < 4.78 is 0. The van der Waals surface area contributed by atoms with Gasteiger partial charge in [0.25, 0.3) is 5.91 Å². The number of hydrogen-bond acceptors (Lipinski definition) is 5. The lowest BCUT2D eigenvalue weighted by atomic mass is 10.4. The van der Waals surface area contributed by atoms with Crippen molar-refractivity contribution in [2.45, 2.75) is 13.5 Å². The molecule has 3 N–H and O–H groups in total. The van der Waals surface area contributed by atoms with Crippen LogP contribution in [0.2, 0.25) is 0 Å². The summed E-state index contributed by atoms with van der Waals surface area (Å²) in [4.78, 5) is 18.1. The van der Waals surface area contributed by atoms with Crippen LogP contribution in [0.15, 0.2) is 0 Å². The van der Waals surface area contributed by atoms with E-state index in [2.05, 4.69) is 10.4 Å². The number of amides is 1. The number of nitrogens with zero attached hydrogens (tertiary/aromatic N) is 2. The zero-order chi connectivity index (χ0) is 10.7. The number of aromatic nitrogens is 1. The lowest BCUT2D eigenvalue weighted by Crippen LogP contribution is -2.29. The van der Waals surface area contributed by atoms with Crippen molar-refractivity contribution < 1.29 is 4.79 Å². The lowest BCUT2D eigenvalue weighted by molar-refractivity contribution is 0.0957. The van der Waals surface area contributed by atoms with Crippen molar-refractivity contribution in [2.75, 3.05) is 14.1 Å². The molecule has 0 aromatic carbocycles. The Morgan fingerprint density at radius 1 is 1.64 bits per heavy atom. The quantitative estimate of drug-likeness (QED) is 0.426. The number of hydrazine groups is 1. The average Bonchev–Trinajstić information content (AvgIpc) is 2.44. The highest BCUT2D eigenvalue weighted by Crippen LogP contribution is 2.18. The molecular formula is C8H14N4OS. The van der Waals surface area contributed by atoms with Gasteiger partial charge in [-0.1, -0.05) is 0 Å². The van der Waals surface area contributed by atoms with Crippen LogP contribution in [0, 0.1) is 6.92 Å². The maximum Gasteiger partial charge on any atom is 0.277 e. The molecule has 1 rings (SSSR count). The Hall–Kier alpha value is -0.980. The molecule has 0 spiro atoms. The molecule has 5 nitrogen and oxygen atoms in total. The van der Waals surface area contributed by atoms with Crippen LogP contribution < -0.4 is 11.3 Å². The van der Waals surface area contributed by atoms with Crippen LogP contribution in [0.5, 0.6) is 0 Å². The van der Waals surface area contributed by atoms with Crippen molar-refractivity contribution in [3.63, 3.8) is 0 Å². The third-order valence-electron chi connectivity index (χ3n) is 1.63. The van der Waals surface area contributed by atoms with Gasteiger partial charge in [-0.05, 0) is 21.0 Å². The maximum atomic E-state index is 11.3. The van der Waals surface area contributed by atoms with Crippen LogP contribution in [0.25, 0.3) is 0 Å². The molecule has 78 valence electrons. The topological polar surface area (TPSA) is 71.2 Å². The molecule has 1 amide bonds. The van der Waals surface area contributed by atoms with Gasteiger partial charge >= 0.3 is 0 Å². The summed E-state index contributed by atoms with van der Waals surface area (Å²) in [6.07, 6.45) is 0. The second-order valence-corrected chi connectivity index (χ2v) is 4.32. The van der Waals surface area contributed by atoms with Crippen molar-refractivity contribution in [1.29, 1.82) is 0 Å².